The van der Waals surface area contributed by atoms with Gasteiger partial charge in [0, 0.05) is 12.7 Å². The fourth-order valence-corrected chi connectivity index (χ4v) is 2.26. The lowest BCUT2D eigenvalue weighted by atomic mass is 9.85. The lowest BCUT2D eigenvalue weighted by Gasteiger charge is -2.25. The fourth-order valence-electron chi connectivity index (χ4n) is 1.48. The largest absolute Gasteiger partial charge is 0.369 e. The molecule has 2 nitrogen and oxygen atoms in total. The van der Waals surface area contributed by atoms with Crippen LogP contribution in [0.25, 0.3) is 0 Å². The Morgan fingerprint density at radius 2 is 2.36 bits per heavy atom. The Kier molecular flexibility index (Phi) is 3.29. The maximum absolute atomic E-state index is 5.80. The van der Waals surface area contributed by atoms with Gasteiger partial charge in [0.05, 0.1) is 9.50 Å². The van der Waals surface area contributed by atoms with Crippen LogP contribution in [0, 0.1) is 5.92 Å². The normalized spacial score (nSPS) is 16.4. The third-order valence-corrected chi connectivity index (χ3v) is 3.40. The number of pyridine rings is 1. The second kappa shape index (κ2) is 4.49. The van der Waals surface area contributed by atoms with Crippen molar-refractivity contribution in [3.05, 3.63) is 21.8 Å². The van der Waals surface area contributed by atoms with E-state index in [9.17, 15) is 0 Å². The summed E-state index contributed by atoms with van der Waals surface area (Å²) in [6.45, 7) is 1.02. The molecule has 1 aliphatic rings. The average molecular weight is 276 g/mol. The van der Waals surface area contributed by atoms with Crippen molar-refractivity contribution in [3.8, 4) is 0 Å². The van der Waals surface area contributed by atoms with E-state index in [1.165, 1.54) is 19.3 Å². The highest BCUT2D eigenvalue weighted by molar-refractivity contribution is 9.10. The first-order valence-electron chi connectivity index (χ1n) is 4.80. The minimum atomic E-state index is 0.658. The summed E-state index contributed by atoms with van der Waals surface area (Å²) >= 11 is 9.23. The SMILES string of the molecule is Clc1cnc(NCC2CCC2)c(Br)c1. The molecular weight excluding hydrogens is 263 g/mol. The summed E-state index contributed by atoms with van der Waals surface area (Å²) in [5.41, 5.74) is 0. The number of aromatic nitrogens is 1. The van der Waals surface area contributed by atoms with Crippen LogP contribution < -0.4 is 5.32 Å². The summed E-state index contributed by atoms with van der Waals surface area (Å²) in [5.74, 6) is 1.72. The van der Waals surface area contributed by atoms with Crippen molar-refractivity contribution in [2.75, 3.05) is 11.9 Å². The Hall–Kier alpha value is -0.280. The third kappa shape index (κ3) is 2.39. The second-order valence-corrected chi connectivity index (χ2v) is 4.95. The fraction of sp³-hybridized carbons (Fsp3) is 0.500. The van der Waals surface area contributed by atoms with Gasteiger partial charge in [0.1, 0.15) is 5.82 Å². The molecule has 1 saturated carbocycles. The van der Waals surface area contributed by atoms with E-state index in [0.29, 0.717) is 5.02 Å². The van der Waals surface area contributed by atoms with Crippen LogP contribution in [-0.4, -0.2) is 11.5 Å². The number of halogens is 2. The lowest BCUT2D eigenvalue weighted by molar-refractivity contribution is 0.333. The molecule has 4 heteroatoms. The minimum absolute atomic E-state index is 0.658. The van der Waals surface area contributed by atoms with Crippen molar-refractivity contribution < 1.29 is 0 Å². The molecule has 0 spiro atoms. The zero-order valence-corrected chi connectivity index (χ0v) is 10.1. The van der Waals surface area contributed by atoms with Crippen molar-refractivity contribution >= 4 is 33.3 Å². The van der Waals surface area contributed by atoms with Gasteiger partial charge in [0.2, 0.25) is 0 Å². The van der Waals surface area contributed by atoms with Gasteiger partial charge in [-0.3, -0.25) is 0 Å². The predicted octanol–water partition coefficient (Wildman–Crippen LogP) is 3.71. The zero-order chi connectivity index (χ0) is 9.97. The number of nitrogens with one attached hydrogen (secondary N) is 1. The zero-order valence-electron chi connectivity index (χ0n) is 7.76. The van der Waals surface area contributed by atoms with Crippen LogP contribution >= 0.6 is 27.5 Å². The van der Waals surface area contributed by atoms with E-state index in [-0.39, 0.29) is 0 Å². The van der Waals surface area contributed by atoms with Crippen LogP contribution in [0.1, 0.15) is 19.3 Å². The topological polar surface area (TPSA) is 24.9 Å². The van der Waals surface area contributed by atoms with E-state index in [1.807, 2.05) is 6.07 Å². The maximum Gasteiger partial charge on any atom is 0.140 e. The van der Waals surface area contributed by atoms with Crippen molar-refractivity contribution in [1.29, 1.82) is 0 Å². The van der Waals surface area contributed by atoms with Crippen LogP contribution in [-0.2, 0) is 0 Å². The van der Waals surface area contributed by atoms with Gasteiger partial charge < -0.3 is 5.32 Å². The molecule has 0 radical (unpaired) electrons. The minimum Gasteiger partial charge on any atom is -0.369 e. The number of rotatable bonds is 3. The van der Waals surface area contributed by atoms with Gasteiger partial charge in [0.25, 0.3) is 0 Å². The Balaban J connectivity index is 1.94. The first-order valence-corrected chi connectivity index (χ1v) is 5.98. The van der Waals surface area contributed by atoms with Crippen LogP contribution in [0.5, 0.6) is 0 Å². The summed E-state index contributed by atoms with van der Waals surface area (Å²) < 4.78 is 0.935. The Morgan fingerprint density at radius 3 is 2.93 bits per heavy atom. The molecule has 2 rings (SSSR count). The Morgan fingerprint density at radius 1 is 1.57 bits per heavy atom. The molecule has 0 unspecified atom stereocenters. The van der Waals surface area contributed by atoms with Crippen LogP contribution in [0.15, 0.2) is 16.7 Å². The van der Waals surface area contributed by atoms with Gasteiger partial charge in [-0.05, 0) is 40.8 Å². The van der Waals surface area contributed by atoms with E-state index in [2.05, 4.69) is 26.2 Å². The van der Waals surface area contributed by atoms with Gasteiger partial charge in [-0.25, -0.2) is 4.98 Å². The highest BCUT2D eigenvalue weighted by Crippen LogP contribution is 2.28. The second-order valence-electron chi connectivity index (χ2n) is 3.66. The van der Waals surface area contributed by atoms with E-state index >= 15 is 0 Å². The molecule has 76 valence electrons. The smallest absolute Gasteiger partial charge is 0.140 e. The Labute approximate surface area is 97.2 Å². The Bertz CT molecular complexity index is 326. The molecule has 0 saturated heterocycles. The molecule has 14 heavy (non-hydrogen) atoms. The average Bonchev–Trinajstić information content (AvgIpc) is 2.05. The van der Waals surface area contributed by atoms with Gasteiger partial charge in [0.15, 0.2) is 0 Å². The first kappa shape index (κ1) is 10.2. The molecule has 0 aliphatic heterocycles. The molecule has 0 aromatic carbocycles. The molecule has 0 bridgehead atoms. The molecular formula is C10H12BrClN2. The summed E-state index contributed by atoms with van der Waals surface area (Å²) in [6.07, 6.45) is 5.73. The molecule has 0 atom stereocenters. The predicted molar refractivity (Wildman–Crippen MR) is 62.8 cm³/mol. The van der Waals surface area contributed by atoms with E-state index in [4.69, 9.17) is 11.6 Å². The third-order valence-electron chi connectivity index (χ3n) is 2.59. The quantitative estimate of drug-likeness (QED) is 0.909. The summed E-state index contributed by atoms with van der Waals surface area (Å²) in [5, 5.41) is 3.98. The van der Waals surface area contributed by atoms with Crippen LogP contribution in [0.3, 0.4) is 0 Å². The highest BCUT2D eigenvalue weighted by Gasteiger charge is 2.17. The number of hydrogen-bond donors (Lipinski definition) is 1. The summed E-state index contributed by atoms with van der Waals surface area (Å²) in [4.78, 5) is 4.22. The van der Waals surface area contributed by atoms with Gasteiger partial charge in [-0.15, -0.1) is 0 Å². The molecule has 1 aromatic rings. The van der Waals surface area contributed by atoms with Crippen molar-refractivity contribution in [3.63, 3.8) is 0 Å². The number of anilines is 1. The number of nitrogens with zero attached hydrogens (tertiary/aromatic N) is 1. The highest BCUT2D eigenvalue weighted by atomic mass is 79.9. The van der Waals surface area contributed by atoms with E-state index in [1.54, 1.807) is 6.20 Å². The van der Waals surface area contributed by atoms with Crippen molar-refractivity contribution in [1.82, 2.24) is 4.98 Å². The summed E-state index contributed by atoms with van der Waals surface area (Å²) in [7, 11) is 0. The van der Waals surface area contributed by atoms with Crippen molar-refractivity contribution in [2.45, 2.75) is 19.3 Å². The summed E-state index contributed by atoms with van der Waals surface area (Å²) in [6, 6.07) is 1.86. The molecule has 0 amide bonds. The molecule has 1 N–H and O–H groups in total. The first-order chi connectivity index (χ1) is 6.75. The van der Waals surface area contributed by atoms with Crippen LogP contribution in [0.4, 0.5) is 5.82 Å². The van der Waals surface area contributed by atoms with Gasteiger partial charge in [-0.1, -0.05) is 18.0 Å². The standard InChI is InChI=1S/C10H12BrClN2/c11-9-4-8(12)6-14-10(9)13-5-7-2-1-3-7/h4,6-7H,1-3,5H2,(H,13,14). The molecule has 1 fully saturated rings. The van der Waals surface area contributed by atoms with Crippen molar-refractivity contribution in [2.24, 2.45) is 5.92 Å². The molecule has 1 heterocycles. The van der Waals surface area contributed by atoms with E-state index in [0.717, 1.165) is 22.8 Å². The molecule has 1 aromatic heterocycles. The van der Waals surface area contributed by atoms with E-state index < -0.39 is 0 Å². The monoisotopic (exact) mass is 274 g/mol. The van der Waals surface area contributed by atoms with Gasteiger partial charge >= 0.3 is 0 Å². The number of hydrogen-bond acceptors (Lipinski definition) is 2. The van der Waals surface area contributed by atoms with Crippen LogP contribution in [0.2, 0.25) is 5.02 Å². The lowest BCUT2D eigenvalue weighted by Crippen LogP contribution is -2.21. The van der Waals surface area contributed by atoms with Gasteiger partial charge in [-0.2, -0.15) is 0 Å². The molecule has 1 aliphatic carbocycles. The maximum atomic E-state index is 5.80.